The predicted molar refractivity (Wildman–Crippen MR) is 63.6 cm³/mol. The van der Waals surface area contributed by atoms with Crippen molar-refractivity contribution in [2.24, 2.45) is 11.7 Å². The van der Waals surface area contributed by atoms with Crippen molar-refractivity contribution in [3.05, 3.63) is 10.6 Å². The number of nitrogens with two attached hydrogens (primary N) is 1. The molecule has 1 fully saturated rings. The first-order chi connectivity index (χ1) is 8.84. The molecule has 2 aliphatic heterocycles. The minimum absolute atomic E-state index is 0.210. The van der Waals surface area contributed by atoms with Gasteiger partial charge in [0, 0.05) is 0 Å². The van der Waals surface area contributed by atoms with Crippen molar-refractivity contribution in [2.45, 2.75) is 18.4 Å². The molecule has 8 nitrogen and oxygen atoms in total. The van der Waals surface area contributed by atoms with Crippen LogP contribution in [0.3, 0.4) is 0 Å². The van der Waals surface area contributed by atoms with Gasteiger partial charge >= 0.3 is 12.1 Å². The number of β-lactam (4-membered cyclic amide) rings is 1. The molecule has 9 heteroatoms. The maximum absolute atomic E-state index is 11.8. The summed E-state index contributed by atoms with van der Waals surface area (Å²) in [6.07, 6.45) is -1.89. The fourth-order valence-corrected chi connectivity index (χ4v) is 3.61. The molecular formula is C10H12N2O6S. The number of hydrogen-bond donors (Lipinski definition) is 3. The van der Waals surface area contributed by atoms with Crippen LogP contribution in [0.5, 0.6) is 0 Å². The van der Waals surface area contributed by atoms with Gasteiger partial charge in [-0.1, -0.05) is 11.8 Å². The van der Waals surface area contributed by atoms with Crippen LogP contribution >= 0.6 is 11.8 Å². The van der Waals surface area contributed by atoms with Crippen molar-refractivity contribution >= 4 is 29.7 Å². The smallest absolute Gasteiger partial charge is 0.404 e. The zero-order valence-electron chi connectivity index (χ0n) is 9.90. The van der Waals surface area contributed by atoms with E-state index in [-0.39, 0.29) is 17.2 Å². The van der Waals surface area contributed by atoms with Crippen LogP contribution in [0.25, 0.3) is 0 Å². The Bertz CT molecular complexity index is 488. The largest absolute Gasteiger partial charge is 0.477 e. The number of carbonyl (C=O) groups excluding carboxylic acids is 2. The number of thioether (sulfide) groups is 1. The molecule has 0 saturated carbocycles. The molecule has 2 rings (SSSR count). The number of fused-ring (bicyclic) bond motifs is 1. The summed E-state index contributed by atoms with van der Waals surface area (Å²) in [5.74, 6) is -2.38. The summed E-state index contributed by atoms with van der Waals surface area (Å²) in [5, 5.41) is 18.1. The lowest BCUT2D eigenvalue weighted by Gasteiger charge is -2.43. The molecule has 1 unspecified atom stereocenters. The number of ether oxygens (including phenoxy) is 1. The quantitative estimate of drug-likeness (QED) is 0.582. The molecule has 1 saturated heterocycles. The highest BCUT2D eigenvalue weighted by Gasteiger charge is 2.57. The molecule has 4 N–H and O–H groups in total. The first-order valence-electron chi connectivity index (χ1n) is 5.41. The fraction of sp³-hybridized carbons (Fsp3) is 0.500. The zero-order chi connectivity index (χ0) is 14.3. The molecular weight excluding hydrogens is 276 g/mol. The zero-order valence-corrected chi connectivity index (χ0v) is 10.7. The average molecular weight is 288 g/mol. The van der Waals surface area contributed by atoms with Gasteiger partial charge in [0.15, 0.2) is 0 Å². The van der Waals surface area contributed by atoms with Gasteiger partial charge in [-0.3, -0.25) is 9.69 Å². The maximum Gasteiger partial charge on any atom is 0.404 e. The van der Waals surface area contributed by atoms with Crippen molar-refractivity contribution in [3.8, 4) is 0 Å². The summed E-state index contributed by atoms with van der Waals surface area (Å²) in [6, 6.07) is 0. The van der Waals surface area contributed by atoms with Crippen molar-refractivity contribution in [1.82, 2.24) is 4.90 Å². The van der Waals surface area contributed by atoms with Crippen molar-refractivity contribution < 1.29 is 29.3 Å². The van der Waals surface area contributed by atoms with Crippen LogP contribution in [0.15, 0.2) is 10.6 Å². The number of amides is 2. The first-order valence-corrected chi connectivity index (χ1v) is 6.29. The number of aliphatic hydroxyl groups is 1. The third-order valence-electron chi connectivity index (χ3n) is 2.92. The molecule has 0 radical (unpaired) electrons. The van der Waals surface area contributed by atoms with Crippen LogP contribution in [0.1, 0.15) is 6.92 Å². The Morgan fingerprint density at radius 2 is 2.21 bits per heavy atom. The Hall–Kier alpha value is -1.74. The topological polar surface area (TPSA) is 130 Å². The summed E-state index contributed by atoms with van der Waals surface area (Å²) >= 11 is 1.09. The molecule has 0 aromatic heterocycles. The Balaban J connectivity index is 2.21. The monoisotopic (exact) mass is 288 g/mol. The van der Waals surface area contributed by atoms with Gasteiger partial charge in [0.1, 0.15) is 17.7 Å². The minimum atomic E-state index is -1.28. The van der Waals surface area contributed by atoms with Crippen molar-refractivity contribution in [3.63, 3.8) is 0 Å². The number of primary amides is 1. The van der Waals surface area contributed by atoms with Crippen LogP contribution in [0.2, 0.25) is 0 Å². The summed E-state index contributed by atoms with van der Waals surface area (Å²) in [6.45, 7) is 1.17. The number of nitrogens with zero attached hydrogens (tertiary/aromatic N) is 1. The van der Waals surface area contributed by atoms with E-state index < -0.39 is 35.4 Å². The highest BCUT2D eigenvalue weighted by atomic mass is 32.2. The number of carboxylic acids is 1. The lowest BCUT2D eigenvalue weighted by Crippen LogP contribution is -2.60. The van der Waals surface area contributed by atoms with Crippen molar-refractivity contribution in [2.75, 3.05) is 6.61 Å². The van der Waals surface area contributed by atoms with E-state index in [9.17, 15) is 19.5 Å². The highest BCUT2D eigenvalue weighted by molar-refractivity contribution is 8.04. The van der Waals surface area contributed by atoms with Crippen LogP contribution < -0.4 is 5.73 Å². The number of carbonyl (C=O) groups is 3. The molecule has 3 atom stereocenters. The molecule has 104 valence electrons. The molecule has 0 aliphatic carbocycles. The Kier molecular flexibility index (Phi) is 3.42. The normalized spacial score (nSPS) is 26.8. The maximum atomic E-state index is 11.8. The van der Waals surface area contributed by atoms with Crippen LogP contribution in [-0.2, 0) is 14.3 Å². The molecule has 0 aromatic rings. The van der Waals surface area contributed by atoms with E-state index in [1.165, 1.54) is 6.92 Å². The summed E-state index contributed by atoms with van der Waals surface area (Å²) < 4.78 is 4.56. The number of aliphatic hydroxyl groups excluding tert-OH is 1. The molecule has 0 spiro atoms. The van der Waals surface area contributed by atoms with Gasteiger partial charge in [0.05, 0.1) is 16.9 Å². The first kappa shape index (κ1) is 13.7. The van der Waals surface area contributed by atoms with E-state index in [0.29, 0.717) is 0 Å². The standard InChI is InChI=1S/C10H12N2O6S/c1-3(13)5-7(14)12-6(9(15)16)4(19-8(5)12)2-18-10(11)17/h3,5,8,13H,2H2,1H3,(H2,11,17)(H,15,16)/t3-,5+,8?/m1/s1. The predicted octanol–water partition coefficient (Wildman–Crippen LogP) is -0.710. The second-order valence-electron chi connectivity index (χ2n) is 4.17. The Morgan fingerprint density at radius 1 is 1.58 bits per heavy atom. The molecule has 0 aromatic carbocycles. The molecule has 0 bridgehead atoms. The van der Waals surface area contributed by atoms with Gasteiger partial charge in [-0.05, 0) is 6.92 Å². The molecule has 2 aliphatic rings. The fourth-order valence-electron chi connectivity index (χ4n) is 2.09. The van der Waals surface area contributed by atoms with Gasteiger partial charge in [-0.25, -0.2) is 9.59 Å². The van der Waals surface area contributed by atoms with Gasteiger partial charge in [0.2, 0.25) is 5.91 Å². The highest BCUT2D eigenvalue weighted by Crippen LogP contribution is 2.50. The summed E-state index contributed by atoms with van der Waals surface area (Å²) in [4.78, 5) is 34.9. The van der Waals surface area contributed by atoms with Gasteiger partial charge < -0.3 is 20.7 Å². The molecule has 2 amide bonds. The second kappa shape index (κ2) is 4.74. The number of rotatable bonds is 4. The van der Waals surface area contributed by atoms with E-state index in [1.54, 1.807) is 0 Å². The minimum Gasteiger partial charge on any atom is -0.477 e. The number of carboxylic acid groups (broad SMARTS) is 1. The Morgan fingerprint density at radius 3 is 2.68 bits per heavy atom. The van der Waals surface area contributed by atoms with E-state index in [0.717, 1.165) is 16.7 Å². The average Bonchev–Trinajstić information content (AvgIpc) is 2.60. The van der Waals surface area contributed by atoms with Gasteiger partial charge in [-0.2, -0.15) is 0 Å². The number of hydrogen-bond acceptors (Lipinski definition) is 6. The van der Waals surface area contributed by atoms with Crippen molar-refractivity contribution in [1.29, 1.82) is 0 Å². The van der Waals surface area contributed by atoms with Gasteiger partial charge in [0.25, 0.3) is 0 Å². The van der Waals surface area contributed by atoms with E-state index in [2.05, 4.69) is 4.74 Å². The third kappa shape index (κ3) is 2.15. The lowest BCUT2D eigenvalue weighted by molar-refractivity contribution is -0.156. The van der Waals surface area contributed by atoms with Gasteiger partial charge in [-0.15, -0.1) is 0 Å². The lowest BCUT2D eigenvalue weighted by atomic mass is 9.92. The third-order valence-corrected chi connectivity index (χ3v) is 4.26. The number of aliphatic carboxylic acids is 1. The summed E-state index contributed by atoms with van der Waals surface area (Å²) in [7, 11) is 0. The van der Waals surface area contributed by atoms with E-state index >= 15 is 0 Å². The SMILES string of the molecule is C[C@@H](O)[C@H]1C(=O)N2C(C(=O)O)=C(COC(N)=O)SC12. The molecule has 2 heterocycles. The van der Waals surface area contributed by atoms with Crippen LogP contribution in [-0.4, -0.2) is 51.2 Å². The van der Waals surface area contributed by atoms with E-state index in [4.69, 9.17) is 10.8 Å². The Labute approximate surface area is 112 Å². The second-order valence-corrected chi connectivity index (χ2v) is 5.38. The van der Waals surface area contributed by atoms with Crippen LogP contribution in [0.4, 0.5) is 4.79 Å². The van der Waals surface area contributed by atoms with Crippen LogP contribution in [0, 0.1) is 5.92 Å². The van der Waals surface area contributed by atoms with E-state index in [1.807, 2.05) is 0 Å². The summed E-state index contributed by atoms with van der Waals surface area (Å²) in [5.41, 5.74) is 4.61. The molecule has 19 heavy (non-hydrogen) atoms.